The average molecular weight is 289 g/mol. The Labute approximate surface area is 92.3 Å². The minimum Gasteiger partial charge on any atom is -0.209 e. The van der Waals surface area contributed by atoms with Gasteiger partial charge in [0.15, 0.2) is 5.57 Å². The van der Waals surface area contributed by atoms with Crippen LogP contribution in [0.25, 0.3) is 0 Å². The first-order valence-electron chi connectivity index (χ1n) is 3.73. The van der Waals surface area contributed by atoms with Gasteiger partial charge in [0.1, 0.15) is 11.9 Å². The largest absolute Gasteiger partial charge is 0.428 e. The van der Waals surface area contributed by atoms with Crippen molar-refractivity contribution in [1.29, 1.82) is 5.26 Å². The monoisotopic (exact) mass is 289 g/mol. The lowest BCUT2D eigenvalue weighted by Gasteiger charge is -2.22. The molecule has 0 saturated carbocycles. The molecule has 0 atom stereocenters. The number of rotatable bonds is 1. The van der Waals surface area contributed by atoms with Crippen LogP contribution in [-0.2, 0) is 0 Å². The lowest BCUT2D eigenvalue weighted by molar-refractivity contribution is -0.276. The van der Waals surface area contributed by atoms with Crippen molar-refractivity contribution in [3.8, 4) is 6.07 Å². The molecule has 0 unspecified atom stereocenters. The predicted octanol–water partition coefficient (Wildman–Crippen LogP) is 4.04. The van der Waals surface area contributed by atoms with Gasteiger partial charge in [0.05, 0.1) is 0 Å². The summed E-state index contributed by atoms with van der Waals surface area (Å²) in [4.78, 5) is 0. The average Bonchev–Trinajstić information content (AvgIpc) is 1.94. The zero-order valence-electron chi connectivity index (χ0n) is 7.80. The zero-order valence-corrected chi connectivity index (χ0v) is 7.80. The van der Waals surface area contributed by atoms with Crippen LogP contribution in [-0.4, -0.2) is 18.5 Å². The van der Waals surface area contributed by atoms with Gasteiger partial charge in [-0.2, -0.15) is 44.8 Å². The van der Waals surface area contributed by atoms with Crippen molar-refractivity contribution in [2.75, 3.05) is 0 Å². The Kier molecular flexibility index (Phi) is 4.28. The molecule has 1 nitrogen and oxygen atoms in total. The van der Waals surface area contributed by atoms with Crippen molar-refractivity contribution in [3.05, 3.63) is 11.4 Å². The van der Waals surface area contributed by atoms with Crippen LogP contribution >= 0.6 is 0 Å². The number of nitriles is 1. The van der Waals surface area contributed by atoms with Crippen molar-refractivity contribution >= 4 is 0 Å². The molecule has 0 saturated heterocycles. The molecule has 0 aliphatic rings. The summed E-state index contributed by atoms with van der Waals surface area (Å²) in [7, 11) is 0. The fraction of sp³-hybridized carbons (Fsp3) is 0.571. The molecule has 0 heterocycles. The number of hydrogen-bond donors (Lipinski definition) is 0. The molecular weight excluding hydrogens is 288 g/mol. The molecule has 0 aromatic carbocycles. The molecule has 0 aliphatic heterocycles. The van der Waals surface area contributed by atoms with Crippen LogP contribution in [0.1, 0.15) is 0 Å². The Morgan fingerprint density at radius 2 is 1.17 bits per heavy atom. The molecule has 0 N–H and O–H groups in total. The van der Waals surface area contributed by atoms with Crippen LogP contribution in [0.15, 0.2) is 11.4 Å². The smallest absolute Gasteiger partial charge is 0.209 e. The summed E-state index contributed by atoms with van der Waals surface area (Å²) < 4.78 is 120. The number of nitrogens with zero attached hydrogens (tertiary/aromatic N) is 1. The van der Waals surface area contributed by atoms with Crippen LogP contribution < -0.4 is 0 Å². The number of allylic oxidation sites excluding steroid dienone is 2. The van der Waals surface area contributed by atoms with Gasteiger partial charge in [-0.05, 0) is 0 Å². The van der Waals surface area contributed by atoms with Crippen LogP contribution in [0, 0.1) is 17.2 Å². The summed E-state index contributed by atoms with van der Waals surface area (Å²) in [5.74, 6) is -8.61. The number of halogens is 10. The molecule has 0 aromatic rings. The summed E-state index contributed by atoms with van der Waals surface area (Å²) in [5, 5.41) is 7.81. The van der Waals surface area contributed by atoms with Crippen molar-refractivity contribution < 1.29 is 43.9 Å². The van der Waals surface area contributed by atoms with Crippen molar-refractivity contribution in [1.82, 2.24) is 0 Å². The van der Waals surface area contributed by atoms with Crippen LogP contribution in [0.3, 0.4) is 0 Å². The maximum absolute atomic E-state index is 12.7. The molecular formula is C7HF10N. The van der Waals surface area contributed by atoms with E-state index in [9.17, 15) is 43.9 Å². The molecule has 0 spiro atoms. The van der Waals surface area contributed by atoms with Gasteiger partial charge >= 0.3 is 18.5 Å². The maximum Gasteiger partial charge on any atom is 0.428 e. The van der Waals surface area contributed by atoms with Gasteiger partial charge < -0.3 is 0 Å². The normalized spacial score (nSPS) is 15.4. The fourth-order valence-corrected chi connectivity index (χ4v) is 0.869. The second kappa shape index (κ2) is 4.66. The van der Waals surface area contributed by atoms with Gasteiger partial charge in [0.25, 0.3) is 0 Å². The van der Waals surface area contributed by atoms with E-state index in [1.807, 2.05) is 0 Å². The lowest BCUT2D eigenvalue weighted by Crippen LogP contribution is -2.38. The molecule has 0 radical (unpaired) electrons. The minimum atomic E-state index is -6.34. The molecule has 11 heteroatoms. The minimum absolute atomic E-state index is 0.0539. The van der Waals surface area contributed by atoms with E-state index in [-0.39, 0.29) is 6.07 Å². The first-order valence-corrected chi connectivity index (χ1v) is 3.73. The molecule has 0 bridgehead atoms. The third-order valence-corrected chi connectivity index (χ3v) is 1.54. The number of hydrogen-bond acceptors (Lipinski definition) is 1. The summed E-state index contributed by atoms with van der Waals surface area (Å²) in [5.41, 5.74) is -3.16. The molecule has 0 aromatic heterocycles. The van der Waals surface area contributed by atoms with Gasteiger partial charge in [-0.25, -0.2) is 4.39 Å². The summed E-state index contributed by atoms with van der Waals surface area (Å²) in [6.07, 6.45) is -18.6. The Hall–Kier alpha value is -1.47. The Bertz CT molecular complexity index is 361. The molecule has 0 fully saturated rings. The molecule has 0 rings (SSSR count). The Morgan fingerprint density at radius 1 is 0.833 bits per heavy atom. The zero-order chi connectivity index (χ0) is 14.9. The van der Waals surface area contributed by atoms with E-state index in [1.54, 1.807) is 0 Å². The van der Waals surface area contributed by atoms with Gasteiger partial charge in [-0.3, -0.25) is 0 Å². The van der Waals surface area contributed by atoms with Crippen LogP contribution in [0.4, 0.5) is 43.9 Å². The second-order valence-electron chi connectivity index (χ2n) is 2.85. The summed E-state index contributed by atoms with van der Waals surface area (Å²) >= 11 is 0. The molecule has 0 aliphatic carbocycles. The van der Waals surface area contributed by atoms with E-state index in [0.29, 0.717) is 0 Å². The van der Waals surface area contributed by atoms with Crippen LogP contribution in [0.2, 0.25) is 0 Å². The summed E-state index contributed by atoms with van der Waals surface area (Å²) in [6.45, 7) is 0. The van der Waals surface area contributed by atoms with Gasteiger partial charge in [-0.15, -0.1) is 0 Å². The van der Waals surface area contributed by atoms with Crippen molar-refractivity contribution in [2.45, 2.75) is 18.5 Å². The highest BCUT2D eigenvalue weighted by Gasteiger charge is 2.61. The van der Waals surface area contributed by atoms with E-state index >= 15 is 0 Å². The predicted molar refractivity (Wildman–Crippen MR) is 35.4 cm³/mol. The second-order valence-corrected chi connectivity index (χ2v) is 2.85. The van der Waals surface area contributed by atoms with E-state index < -0.39 is 35.8 Å². The highest BCUT2D eigenvalue weighted by atomic mass is 19.4. The molecule has 0 amide bonds. The summed E-state index contributed by atoms with van der Waals surface area (Å²) in [6, 6.07) is -0.0539. The van der Waals surface area contributed by atoms with Gasteiger partial charge in [0, 0.05) is 0 Å². The van der Waals surface area contributed by atoms with E-state index in [2.05, 4.69) is 0 Å². The molecule has 18 heavy (non-hydrogen) atoms. The topological polar surface area (TPSA) is 23.8 Å². The Morgan fingerprint density at radius 3 is 1.33 bits per heavy atom. The third kappa shape index (κ3) is 3.78. The van der Waals surface area contributed by atoms with Gasteiger partial charge in [0.2, 0.25) is 5.92 Å². The van der Waals surface area contributed by atoms with Crippen LogP contribution in [0.5, 0.6) is 0 Å². The highest BCUT2D eigenvalue weighted by Crippen LogP contribution is 2.46. The van der Waals surface area contributed by atoms with E-state index in [1.165, 1.54) is 0 Å². The maximum atomic E-state index is 12.7. The van der Waals surface area contributed by atoms with E-state index in [0.717, 1.165) is 0 Å². The fourth-order valence-electron chi connectivity index (χ4n) is 0.869. The standard InChI is InChI=1S/C7HF10N/c8-3(2(1-18)5(9,10)11)4(6(12,13)14)7(15,16)17/h4H/b3-2+. The van der Waals surface area contributed by atoms with Gasteiger partial charge in [-0.1, -0.05) is 0 Å². The van der Waals surface area contributed by atoms with E-state index in [4.69, 9.17) is 5.26 Å². The third-order valence-electron chi connectivity index (χ3n) is 1.54. The Balaban J connectivity index is 5.97. The number of alkyl halides is 9. The molecule has 104 valence electrons. The lowest BCUT2D eigenvalue weighted by atomic mass is 10.0. The first kappa shape index (κ1) is 16.5. The quantitative estimate of drug-likeness (QED) is 0.528. The van der Waals surface area contributed by atoms with Crippen molar-refractivity contribution in [3.63, 3.8) is 0 Å². The highest BCUT2D eigenvalue weighted by molar-refractivity contribution is 5.31. The van der Waals surface area contributed by atoms with Crippen molar-refractivity contribution in [2.24, 2.45) is 5.92 Å². The first-order chi connectivity index (χ1) is 7.73. The SMILES string of the molecule is N#C/C(=C(\F)C(C(F)(F)F)C(F)(F)F)C(F)(F)F.